The van der Waals surface area contributed by atoms with Gasteiger partial charge in [0.15, 0.2) is 0 Å². The lowest BCUT2D eigenvalue weighted by atomic mass is 9.69. The van der Waals surface area contributed by atoms with E-state index in [1.165, 1.54) is 6.33 Å². The molecule has 2 aromatic heterocycles. The number of nitrogens with one attached hydrogen (secondary N) is 1. The SMILES string of the molecule is CC(C)(C(=O)Nc1ncns1)[C@H]1c2ccccc2Oc2nc(-c3ccc(C(=O)N4CCOCC4)cc3)ccc21. The summed E-state index contributed by atoms with van der Waals surface area (Å²) < 4.78 is 15.6. The summed E-state index contributed by atoms with van der Waals surface area (Å²) in [5, 5.41) is 3.36. The summed E-state index contributed by atoms with van der Waals surface area (Å²) in [7, 11) is 0. The third-order valence-electron chi connectivity index (χ3n) is 7.25. The third-order valence-corrected chi connectivity index (χ3v) is 7.83. The number of morpholine rings is 1. The predicted octanol–water partition coefficient (Wildman–Crippen LogP) is 4.98. The molecule has 10 heteroatoms. The second-order valence-electron chi connectivity index (χ2n) is 10.1. The van der Waals surface area contributed by atoms with Crippen molar-refractivity contribution in [3.05, 3.63) is 83.7 Å². The molecule has 2 aliphatic heterocycles. The maximum atomic E-state index is 13.5. The van der Waals surface area contributed by atoms with E-state index >= 15 is 0 Å². The zero-order valence-electron chi connectivity index (χ0n) is 21.6. The normalized spacial score (nSPS) is 16.6. The first-order valence-corrected chi connectivity index (χ1v) is 13.5. The van der Waals surface area contributed by atoms with Gasteiger partial charge in [0.2, 0.25) is 16.9 Å². The number of amides is 2. The van der Waals surface area contributed by atoms with Crippen LogP contribution >= 0.6 is 11.5 Å². The standard InChI is InChI=1S/C29H27N5O4S/c1-29(2,27(36)33-28-30-17-31-39-28)24-20-5-3-4-6-23(20)38-25-21(24)11-12-22(32-25)18-7-9-19(10-8-18)26(35)34-13-15-37-16-14-34/h3-12,17,24H,13-16H2,1-2H3,(H,30,31,33,36)/t24-/m0/s1. The fourth-order valence-corrected chi connectivity index (χ4v) is 5.55. The van der Waals surface area contributed by atoms with Gasteiger partial charge in [-0.3, -0.25) is 9.59 Å². The first-order valence-electron chi connectivity index (χ1n) is 12.7. The summed E-state index contributed by atoms with van der Waals surface area (Å²) in [5.41, 5.74) is 3.10. The number of hydrogen-bond acceptors (Lipinski definition) is 8. The van der Waals surface area contributed by atoms with E-state index in [2.05, 4.69) is 14.7 Å². The number of para-hydroxylation sites is 1. The molecule has 6 rings (SSSR count). The lowest BCUT2D eigenvalue weighted by Crippen LogP contribution is -2.40. The van der Waals surface area contributed by atoms with Crippen molar-refractivity contribution in [3.8, 4) is 22.9 Å². The van der Waals surface area contributed by atoms with Crippen molar-refractivity contribution in [2.24, 2.45) is 5.41 Å². The highest BCUT2D eigenvalue weighted by molar-refractivity contribution is 7.09. The van der Waals surface area contributed by atoms with Crippen LogP contribution in [0.15, 0.2) is 67.0 Å². The number of aromatic nitrogens is 3. The Kier molecular flexibility index (Phi) is 6.58. The van der Waals surface area contributed by atoms with Gasteiger partial charge in [0.1, 0.15) is 12.1 Å². The topological polar surface area (TPSA) is 107 Å². The summed E-state index contributed by atoms with van der Waals surface area (Å²) in [5.74, 6) is 0.654. The molecule has 2 amide bonds. The highest BCUT2D eigenvalue weighted by Gasteiger charge is 2.44. The largest absolute Gasteiger partial charge is 0.438 e. The Morgan fingerprint density at radius 2 is 1.77 bits per heavy atom. The average molecular weight is 542 g/mol. The maximum absolute atomic E-state index is 13.5. The summed E-state index contributed by atoms with van der Waals surface area (Å²) in [4.78, 5) is 37.1. The minimum atomic E-state index is -0.856. The number of hydrogen-bond donors (Lipinski definition) is 1. The molecule has 0 radical (unpaired) electrons. The molecule has 1 atom stereocenters. The van der Waals surface area contributed by atoms with Gasteiger partial charge in [-0.2, -0.15) is 4.37 Å². The van der Waals surface area contributed by atoms with Crippen molar-refractivity contribution in [1.29, 1.82) is 0 Å². The Morgan fingerprint density at radius 1 is 1.00 bits per heavy atom. The van der Waals surface area contributed by atoms with Crippen LogP contribution in [0.3, 0.4) is 0 Å². The monoisotopic (exact) mass is 541 g/mol. The molecule has 4 heterocycles. The molecule has 0 saturated carbocycles. The Labute approximate surface area is 230 Å². The number of pyridine rings is 1. The van der Waals surface area contributed by atoms with Gasteiger partial charge in [0.25, 0.3) is 5.91 Å². The van der Waals surface area contributed by atoms with Crippen LogP contribution in [0.2, 0.25) is 0 Å². The van der Waals surface area contributed by atoms with Gasteiger partial charge in [-0.05, 0) is 24.3 Å². The minimum Gasteiger partial charge on any atom is -0.438 e. The second kappa shape index (κ2) is 10.2. The second-order valence-corrected chi connectivity index (χ2v) is 10.8. The van der Waals surface area contributed by atoms with Gasteiger partial charge in [-0.15, -0.1) is 0 Å². The average Bonchev–Trinajstić information content (AvgIpc) is 3.48. The number of nitrogens with zero attached hydrogens (tertiary/aromatic N) is 4. The molecular weight excluding hydrogens is 514 g/mol. The fourth-order valence-electron chi connectivity index (χ4n) is 5.12. The van der Waals surface area contributed by atoms with Gasteiger partial charge in [-0.1, -0.05) is 50.2 Å². The molecule has 0 unspecified atom stereocenters. The highest BCUT2D eigenvalue weighted by atomic mass is 32.1. The van der Waals surface area contributed by atoms with Crippen molar-refractivity contribution in [2.45, 2.75) is 19.8 Å². The van der Waals surface area contributed by atoms with Gasteiger partial charge in [-0.25, -0.2) is 9.97 Å². The van der Waals surface area contributed by atoms with Crippen molar-refractivity contribution in [2.75, 3.05) is 31.6 Å². The minimum absolute atomic E-state index is 0.0000648. The lowest BCUT2D eigenvalue weighted by Gasteiger charge is -2.37. The van der Waals surface area contributed by atoms with Gasteiger partial charge >= 0.3 is 0 Å². The Morgan fingerprint density at radius 3 is 2.51 bits per heavy atom. The molecule has 9 nitrogen and oxygen atoms in total. The van der Waals surface area contributed by atoms with Crippen molar-refractivity contribution < 1.29 is 19.1 Å². The molecule has 1 N–H and O–H groups in total. The summed E-state index contributed by atoms with van der Waals surface area (Å²) >= 11 is 1.14. The van der Waals surface area contributed by atoms with Crippen LogP contribution in [0, 0.1) is 5.41 Å². The van der Waals surface area contributed by atoms with E-state index in [4.69, 9.17) is 14.5 Å². The quantitative estimate of drug-likeness (QED) is 0.380. The zero-order chi connectivity index (χ0) is 27.0. The Balaban J connectivity index is 1.31. The van der Waals surface area contributed by atoms with Crippen LogP contribution in [-0.2, 0) is 9.53 Å². The molecule has 4 aromatic rings. The van der Waals surface area contributed by atoms with Gasteiger partial charge in [0, 0.05) is 52.8 Å². The van der Waals surface area contributed by atoms with E-state index in [0.29, 0.717) is 54.3 Å². The first kappa shape index (κ1) is 25.1. The number of carbonyl (C=O) groups is 2. The van der Waals surface area contributed by atoms with Crippen molar-refractivity contribution >= 4 is 28.5 Å². The van der Waals surface area contributed by atoms with Crippen LogP contribution < -0.4 is 10.1 Å². The van der Waals surface area contributed by atoms with E-state index in [1.54, 1.807) is 0 Å². The van der Waals surface area contributed by atoms with Crippen LogP contribution in [0.25, 0.3) is 11.3 Å². The summed E-state index contributed by atoms with van der Waals surface area (Å²) in [6, 6.07) is 19.1. The third kappa shape index (κ3) is 4.77. The predicted molar refractivity (Wildman–Crippen MR) is 147 cm³/mol. The van der Waals surface area contributed by atoms with E-state index in [-0.39, 0.29) is 17.7 Å². The highest BCUT2D eigenvalue weighted by Crippen LogP contribution is 2.52. The molecule has 2 aliphatic rings. The van der Waals surface area contributed by atoms with Gasteiger partial charge in [0.05, 0.1) is 24.3 Å². The number of ether oxygens (including phenoxy) is 2. The van der Waals surface area contributed by atoms with E-state index < -0.39 is 5.41 Å². The van der Waals surface area contributed by atoms with Crippen LogP contribution in [0.4, 0.5) is 5.13 Å². The summed E-state index contributed by atoms with van der Waals surface area (Å²) in [6.07, 6.45) is 1.42. The van der Waals surface area contributed by atoms with E-state index in [1.807, 2.05) is 79.4 Å². The number of fused-ring (bicyclic) bond motifs is 2. The first-order chi connectivity index (χ1) is 18.9. The Hall–Kier alpha value is -4.15. The number of carbonyl (C=O) groups excluding carboxylic acids is 2. The number of benzene rings is 2. The van der Waals surface area contributed by atoms with Crippen LogP contribution in [-0.4, -0.2) is 57.4 Å². The molecule has 1 saturated heterocycles. The molecule has 2 aromatic carbocycles. The smallest absolute Gasteiger partial charge is 0.254 e. The van der Waals surface area contributed by atoms with Crippen LogP contribution in [0.1, 0.15) is 41.3 Å². The van der Waals surface area contributed by atoms with Crippen LogP contribution in [0.5, 0.6) is 11.6 Å². The maximum Gasteiger partial charge on any atom is 0.254 e. The molecule has 0 bridgehead atoms. The van der Waals surface area contributed by atoms with Gasteiger partial charge < -0.3 is 19.7 Å². The summed E-state index contributed by atoms with van der Waals surface area (Å²) in [6.45, 7) is 6.15. The number of anilines is 1. The molecule has 198 valence electrons. The molecule has 39 heavy (non-hydrogen) atoms. The lowest BCUT2D eigenvalue weighted by molar-refractivity contribution is -0.124. The molecule has 0 spiro atoms. The molecule has 1 fully saturated rings. The van der Waals surface area contributed by atoms with Crippen molar-refractivity contribution in [1.82, 2.24) is 19.2 Å². The fraction of sp³-hybridized carbons (Fsp3) is 0.276. The molecular formula is C29H27N5O4S. The Bertz CT molecular complexity index is 1520. The van der Waals surface area contributed by atoms with E-state index in [9.17, 15) is 9.59 Å². The zero-order valence-corrected chi connectivity index (χ0v) is 22.4. The molecule has 0 aliphatic carbocycles. The van der Waals surface area contributed by atoms with Crippen molar-refractivity contribution in [3.63, 3.8) is 0 Å². The van der Waals surface area contributed by atoms with E-state index in [0.717, 1.165) is 28.2 Å². The number of rotatable bonds is 5.